The molecule has 1 saturated heterocycles. The molecule has 1 aromatic heterocycles. The maximum atomic E-state index is 6.21. The summed E-state index contributed by atoms with van der Waals surface area (Å²) in [5, 5.41) is 0. The molecule has 188 valence electrons. The van der Waals surface area contributed by atoms with E-state index in [1.54, 1.807) is 14.2 Å². The van der Waals surface area contributed by atoms with Gasteiger partial charge < -0.3 is 18.8 Å². The Kier molecular flexibility index (Phi) is 6.48. The molecular weight excluding hydrogens is 465 g/mol. The lowest BCUT2D eigenvalue weighted by Gasteiger charge is -2.32. The molecule has 0 unspecified atom stereocenters. The Morgan fingerprint density at radius 2 is 1.03 bits per heavy atom. The summed E-state index contributed by atoms with van der Waals surface area (Å²) in [5.74, 6) is 3.13. The molecule has 0 amide bonds. The maximum absolute atomic E-state index is 6.21. The molecule has 0 spiro atoms. The van der Waals surface area contributed by atoms with Crippen molar-refractivity contribution in [2.75, 3.05) is 14.2 Å². The first-order valence-electron chi connectivity index (χ1n) is 12.2. The second kappa shape index (κ2) is 9.61. The highest BCUT2D eigenvalue weighted by molar-refractivity contribution is 6.62. The fraction of sp³-hybridized carbons (Fsp3) is 0.276. The number of benzene rings is 3. The van der Waals surface area contributed by atoms with Gasteiger partial charge in [0.05, 0.1) is 25.4 Å². The number of methoxy groups -OCH3 is 2. The highest BCUT2D eigenvalue weighted by Crippen LogP contribution is 2.36. The second-order valence-corrected chi connectivity index (χ2v) is 9.98. The van der Waals surface area contributed by atoms with E-state index in [2.05, 4.69) is 0 Å². The van der Waals surface area contributed by atoms with Crippen LogP contribution < -0.4 is 14.9 Å². The van der Waals surface area contributed by atoms with Crippen molar-refractivity contribution in [2.24, 2.45) is 0 Å². The molecule has 0 saturated carbocycles. The third kappa shape index (κ3) is 4.95. The molecule has 5 rings (SSSR count). The lowest BCUT2D eigenvalue weighted by atomic mass is 9.79. The monoisotopic (exact) mass is 495 g/mol. The lowest BCUT2D eigenvalue weighted by molar-refractivity contribution is 0.00578. The van der Waals surface area contributed by atoms with E-state index in [1.807, 2.05) is 100 Å². The quantitative estimate of drug-likeness (QED) is 0.341. The van der Waals surface area contributed by atoms with Crippen molar-refractivity contribution >= 4 is 12.6 Å². The van der Waals surface area contributed by atoms with Gasteiger partial charge in [-0.3, -0.25) is 0 Å². The van der Waals surface area contributed by atoms with Gasteiger partial charge in [-0.2, -0.15) is 0 Å². The fourth-order valence-corrected chi connectivity index (χ4v) is 4.06. The molecule has 1 aliphatic rings. The Morgan fingerprint density at radius 3 is 1.46 bits per heavy atom. The number of ether oxygens (including phenoxy) is 2. The summed E-state index contributed by atoms with van der Waals surface area (Å²) >= 11 is 0. The molecule has 7 nitrogen and oxygen atoms in total. The molecular formula is C29H30BN3O4. The van der Waals surface area contributed by atoms with Crippen molar-refractivity contribution in [3.05, 3.63) is 72.8 Å². The van der Waals surface area contributed by atoms with Crippen LogP contribution in [0, 0.1) is 0 Å². The Balaban J connectivity index is 1.56. The second-order valence-electron chi connectivity index (χ2n) is 9.98. The molecule has 0 bridgehead atoms. The molecule has 0 aliphatic carbocycles. The topological polar surface area (TPSA) is 75.6 Å². The summed E-state index contributed by atoms with van der Waals surface area (Å²) in [6.45, 7) is 8.19. The third-order valence-corrected chi connectivity index (χ3v) is 6.99. The van der Waals surface area contributed by atoms with Gasteiger partial charge in [-0.05, 0) is 57.4 Å². The third-order valence-electron chi connectivity index (χ3n) is 6.99. The van der Waals surface area contributed by atoms with Crippen molar-refractivity contribution in [1.29, 1.82) is 0 Å². The molecule has 3 aromatic carbocycles. The van der Waals surface area contributed by atoms with E-state index in [4.69, 9.17) is 33.7 Å². The predicted molar refractivity (Wildman–Crippen MR) is 145 cm³/mol. The first-order valence-corrected chi connectivity index (χ1v) is 12.2. The Hall–Kier alpha value is -3.75. The van der Waals surface area contributed by atoms with E-state index < -0.39 is 18.3 Å². The summed E-state index contributed by atoms with van der Waals surface area (Å²) in [6.07, 6.45) is 0. The summed E-state index contributed by atoms with van der Waals surface area (Å²) < 4.78 is 23.2. The average Bonchev–Trinajstić information content (AvgIpc) is 3.15. The lowest BCUT2D eigenvalue weighted by Crippen LogP contribution is -2.41. The zero-order chi connectivity index (χ0) is 26.2. The minimum Gasteiger partial charge on any atom is -0.497 e. The van der Waals surface area contributed by atoms with Gasteiger partial charge in [0.2, 0.25) is 0 Å². The minimum absolute atomic E-state index is 0.401. The standard InChI is InChI=1S/C29H30BN3O4/c1-28(2)29(3,4)37-30(36-28)22-15-13-19(14-16-22)25-31-26(20-9-7-11-23(17-20)34-5)33-27(32-25)21-10-8-12-24(18-21)35-6/h7-18H,1-6H3. The van der Waals surface area contributed by atoms with Crippen LogP contribution in [0.3, 0.4) is 0 Å². The molecule has 1 fully saturated rings. The number of hydrogen-bond donors (Lipinski definition) is 0. The van der Waals surface area contributed by atoms with Crippen LogP contribution in [0.5, 0.6) is 11.5 Å². The highest BCUT2D eigenvalue weighted by Gasteiger charge is 2.51. The SMILES string of the molecule is COc1cccc(-c2nc(-c3ccc(B4OC(C)(C)C(C)(C)O4)cc3)nc(-c3cccc(OC)c3)n2)c1. The number of aromatic nitrogens is 3. The molecule has 4 aromatic rings. The van der Waals surface area contributed by atoms with Gasteiger partial charge in [-0.1, -0.05) is 48.5 Å². The summed E-state index contributed by atoms with van der Waals surface area (Å²) in [6, 6.07) is 23.3. The number of rotatable bonds is 6. The molecule has 0 radical (unpaired) electrons. The minimum atomic E-state index is -0.433. The zero-order valence-electron chi connectivity index (χ0n) is 22.0. The van der Waals surface area contributed by atoms with Crippen LogP contribution in [0.2, 0.25) is 0 Å². The van der Waals surface area contributed by atoms with Crippen LogP contribution in [0.4, 0.5) is 0 Å². The van der Waals surface area contributed by atoms with Gasteiger partial charge in [0.15, 0.2) is 17.5 Å². The largest absolute Gasteiger partial charge is 0.497 e. The van der Waals surface area contributed by atoms with Crippen LogP contribution in [0.15, 0.2) is 72.8 Å². The number of nitrogens with zero attached hydrogens (tertiary/aromatic N) is 3. The van der Waals surface area contributed by atoms with Crippen molar-refractivity contribution in [2.45, 2.75) is 38.9 Å². The van der Waals surface area contributed by atoms with E-state index in [9.17, 15) is 0 Å². The predicted octanol–water partition coefficient (Wildman–Crippen LogP) is 5.19. The maximum Gasteiger partial charge on any atom is 0.494 e. The van der Waals surface area contributed by atoms with Crippen molar-refractivity contribution in [3.8, 4) is 45.7 Å². The highest BCUT2D eigenvalue weighted by atomic mass is 16.7. The van der Waals surface area contributed by atoms with Gasteiger partial charge in [0, 0.05) is 16.7 Å². The van der Waals surface area contributed by atoms with E-state index >= 15 is 0 Å². The van der Waals surface area contributed by atoms with Crippen LogP contribution in [-0.4, -0.2) is 47.5 Å². The van der Waals surface area contributed by atoms with Gasteiger partial charge in [-0.15, -0.1) is 0 Å². The van der Waals surface area contributed by atoms with Crippen molar-refractivity contribution < 1.29 is 18.8 Å². The number of hydrogen-bond acceptors (Lipinski definition) is 7. The Bertz CT molecular complexity index is 1340. The Morgan fingerprint density at radius 1 is 0.595 bits per heavy atom. The van der Waals surface area contributed by atoms with Gasteiger partial charge >= 0.3 is 7.12 Å². The van der Waals surface area contributed by atoms with Gasteiger partial charge in [0.25, 0.3) is 0 Å². The molecule has 37 heavy (non-hydrogen) atoms. The average molecular weight is 495 g/mol. The Labute approximate surface area is 218 Å². The van der Waals surface area contributed by atoms with Crippen LogP contribution in [-0.2, 0) is 9.31 Å². The first-order chi connectivity index (χ1) is 17.7. The first kappa shape index (κ1) is 24.9. The molecule has 1 aliphatic heterocycles. The summed E-state index contributed by atoms with van der Waals surface area (Å²) in [4.78, 5) is 14.4. The van der Waals surface area contributed by atoms with Crippen LogP contribution >= 0.6 is 0 Å². The molecule has 0 atom stereocenters. The van der Waals surface area contributed by atoms with Gasteiger partial charge in [0.1, 0.15) is 11.5 Å². The van der Waals surface area contributed by atoms with Crippen molar-refractivity contribution in [3.63, 3.8) is 0 Å². The van der Waals surface area contributed by atoms with E-state index in [-0.39, 0.29) is 0 Å². The van der Waals surface area contributed by atoms with E-state index in [0.29, 0.717) is 17.5 Å². The van der Waals surface area contributed by atoms with Gasteiger partial charge in [-0.25, -0.2) is 15.0 Å². The smallest absolute Gasteiger partial charge is 0.494 e. The summed E-state index contributed by atoms with van der Waals surface area (Å²) in [5.41, 5.74) is 2.67. The molecule has 0 N–H and O–H groups in total. The zero-order valence-corrected chi connectivity index (χ0v) is 22.0. The normalized spacial score (nSPS) is 16.0. The van der Waals surface area contributed by atoms with E-state index in [1.165, 1.54) is 0 Å². The van der Waals surface area contributed by atoms with Crippen LogP contribution in [0.25, 0.3) is 34.2 Å². The van der Waals surface area contributed by atoms with Crippen molar-refractivity contribution in [1.82, 2.24) is 15.0 Å². The van der Waals surface area contributed by atoms with Crippen LogP contribution in [0.1, 0.15) is 27.7 Å². The summed E-state index contributed by atoms with van der Waals surface area (Å²) in [7, 11) is 2.85. The fourth-order valence-electron chi connectivity index (χ4n) is 4.06. The molecule has 8 heteroatoms. The molecule has 2 heterocycles. The van der Waals surface area contributed by atoms with E-state index in [0.717, 1.165) is 33.7 Å².